The summed E-state index contributed by atoms with van der Waals surface area (Å²) in [4.78, 5) is 6.87. The number of imidazole rings is 1. The number of likely N-dealkylation sites (N-methyl/N-ethyl adjacent to an activating group) is 1. The highest BCUT2D eigenvalue weighted by Gasteiger charge is 2.19. The largest absolute Gasteiger partial charge is 0.496 e. The quantitative estimate of drug-likeness (QED) is 0.755. The van der Waals surface area contributed by atoms with Crippen molar-refractivity contribution >= 4 is 17.0 Å². The van der Waals surface area contributed by atoms with Crippen molar-refractivity contribution in [3.05, 3.63) is 54.1 Å². The van der Waals surface area contributed by atoms with Crippen LogP contribution in [0.25, 0.3) is 11.0 Å². The van der Waals surface area contributed by atoms with Crippen LogP contribution in [0.15, 0.2) is 48.5 Å². The van der Waals surface area contributed by atoms with Gasteiger partial charge >= 0.3 is 0 Å². The molecule has 0 aliphatic heterocycles. The van der Waals surface area contributed by atoms with E-state index in [9.17, 15) is 0 Å². The van der Waals surface area contributed by atoms with Gasteiger partial charge in [0.2, 0.25) is 5.95 Å². The van der Waals surface area contributed by atoms with Gasteiger partial charge in [-0.2, -0.15) is 0 Å². The van der Waals surface area contributed by atoms with E-state index in [4.69, 9.17) is 4.74 Å². The zero-order chi connectivity index (χ0) is 17.1. The number of ether oxygens (including phenoxy) is 1. The first-order valence-corrected chi connectivity index (χ1v) is 8.06. The van der Waals surface area contributed by atoms with Gasteiger partial charge in [0, 0.05) is 19.2 Å². The first-order valence-electron chi connectivity index (χ1n) is 8.06. The zero-order valence-corrected chi connectivity index (χ0v) is 14.7. The van der Waals surface area contributed by atoms with Gasteiger partial charge in [-0.3, -0.25) is 0 Å². The highest BCUT2D eigenvalue weighted by molar-refractivity contribution is 5.78. The van der Waals surface area contributed by atoms with Crippen LogP contribution in [0.5, 0.6) is 5.75 Å². The first kappa shape index (κ1) is 16.3. The molecule has 5 nitrogen and oxygen atoms in total. The lowest BCUT2D eigenvalue weighted by atomic mass is 10.0. The molecule has 126 valence electrons. The normalized spacial score (nSPS) is 12.5. The van der Waals surface area contributed by atoms with Crippen molar-refractivity contribution in [2.45, 2.75) is 6.04 Å². The Bertz CT molecular complexity index is 825. The number of rotatable bonds is 6. The summed E-state index contributed by atoms with van der Waals surface area (Å²) in [5.74, 6) is 1.78. The van der Waals surface area contributed by atoms with Gasteiger partial charge in [0.05, 0.1) is 24.2 Å². The second kappa shape index (κ2) is 6.93. The molecule has 1 atom stereocenters. The van der Waals surface area contributed by atoms with Crippen molar-refractivity contribution in [2.75, 3.05) is 33.1 Å². The molecule has 5 heteroatoms. The lowest BCUT2D eigenvalue weighted by Gasteiger charge is -2.26. The molecule has 0 bridgehead atoms. The summed E-state index contributed by atoms with van der Waals surface area (Å²) < 4.78 is 7.61. The molecule has 0 aliphatic carbocycles. The number of hydrogen-bond donors (Lipinski definition) is 1. The number of fused-ring (bicyclic) bond motifs is 1. The summed E-state index contributed by atoms with van der Waals surface area (Å²) >= 11 is 0. The van der Waals surface area contributed by atoms with Gasteiger partial charge in [-0.15, -0.1) is 0 Å². The van der Waals surface area contributed by atoms with Crippen LogP contribution in [0, 0.1) is 0 Å². The summed E-state index contributed by atoms with van der Waals surface area (Å²) in [6.07, 6.45) is 0. The number of benzene rings is 2. The number of hydrogen-bond acceptors (Lipinski definition) is 4. The summed E-state index contributed by atoms with van der Waals surface area (Å²) in [6, 6.07) is 16.5. The molecule has 2 aromatic carbocycles. The van der Waals surface area contributed by atoms with Crippen LogP contribution in [0.4, 0.5) is 5.95 Å². The highest BCUT2D eigenvalue weighted by Crippen LogP contribution is 2.28. The van der Waals surface area contributed by atoms with Gasteiger partial charge < -0.3 is 19.5 Å². The van der Waals surface area contributed by atoms with Gasteiger partial charge in [0.25, 0.3) is 0 Å². The average molecular weight is 324 g/mol. The molecular formula is C19H24N4O. The predicted molar refractivity (Wildman–Crippen MR) is 98.6 cm³/mol. The number of anilines is 1. The van der Waals surface area contributed by atoms with Crippen molar-refractivity contribution in [2.24, 2.45) is 7.05 Å². The van der Waals surface area contributed by atoms with E-state index in [0.29, 0.717) is 0 Å². The molecule has 0 amide bonds. The molecule has 0 aliphatic rings. The van der Waals surface area contributed by atoms with Crippen molar-refractivity contribution in [3.63, 3.8) is 0 Å². The van der Waals surface area contributed by atoms with E-state index in [0.717, 1.165) is 34.8 Å². The predicted octanol–water partition coefficient (Wildman–Crippen LogP) is 3.30. The van der Waals surface area contributed by atoms with Crippen LogP contribution in [0.3, 0.4) is 0 Å². The van der Waals surface area contributed by atoms with Crippen LogP contribution in [-0.4, -0.2) is 42.2 Å². The Kier molecular flexibility index (Phi) is 4.71. The molecule has 24 heavy (non-hydrogen) atoms. The third-order valence-corrected chi connectivity index (χ3v) is 4.36. The smallest absolute Gasteiger partial charge is 0.203 e. The molecular weight excluding hydrogens is 300 g/mol. The Morgan fingerprint density at radius 2 is 1.83 bits per heavy atom. The summed E-state index contributed by atoms with van der Waals surface area (Å²) in [5.41, 5.74) is 3.29. The Hall–Kier alpha value is -2.53. The van der Waals surface area contributed by atoms with Gasteiger partial charge in [0.15, 0.2) is 0 Å². The average Bonchev–Trinajstić information content (AvgIpc) is 2.92. The summed E-state index contributed by atoms with van der Waals surface area (Å²) in [5, 5.41) is 3.49. The van der Waals surface area contributed by atoms with Crippen molar-refractivity contribution in [3.8, 4) is 5.75 Å². The Labute approximate surface area is 142 Å². The third-order valence-electron chi connectivity index (χ3n) is 4.36. The second-order valence-electron chi connectivity index (χ2n) is 6.09. The minimum absolute atomic E-state index is 0.181. The minimum Gasteiger partial charge on any atom is -0.496 e. The van der Waals surface area contributed by atoms with Crippen LogP contribution in [0.2, 0.25) is 0 Å². The molecule has 1 aromatic heterocycles. The number of aryl methyl sites for hydroxylation is 1. The van der Waals surface area contributed by atoms with E-state index in [1.54, 1.807) is 7.11 Å². The molecule has 1 N–H and O–H groups in total. The number of para-hydroxylation sites is 3. The Morgan fingerprint density at radius 3 is 2.54 bits per heavy atom. The van der Waals surface area contributed by atoms with E-state index >= 15 is 0 Å². The lowest BCUT2D eigenvalue weighted by molar-refractivity contribution is 0.299. The Morgan fingerprint density at radius 1 is 1.12 bits per heavy atom. The Balaban J connectivity index is 1.85. The highest BCUT2D eigenvalue weighted by atomic mass is 16.5. The fourth-order valence-corrected chi connectivity index (χ4v) is 3.00. The van der Waals surface area contributed by atoms with Crippen molar-refractivity contribution in [1.82, 2.24) is 14.5 Å². The fraction of sp³-hybridized carbons (Fsp3) is 0.316. The second-order valence-corrected chi connectivity index (χ2v) is 6.09. The number of aromatic nitrogens is 2. The maximum absolute atomic E-state index is 5.52. The number of nitrogens with zero attached hydrogens (tertiary/aromatic N) is 3. The van der Waals surface area contributed by atoms with Crippen LogP contribution >= 0.6 is 0 Å². The molecule has 0 unspecified atom stereocenters. The van der Waals surface area contributed by atoms with Crippen LogP contribution in [-0.2, 0) is 7.05 Å². The van der Waals surface area contributed by atoms with Gasteiger partial charge in [0.1, 0.15) is 5.75 Å². The van der Waals surface area contributed by atoms with Gasteiger partial charge in [-0.25, -0.2) is 4.98 Å². The van der Waals surface area contributed by atoms with E-state index in [1.807, 2.05) is 43.4 Å². The SMILES string of the molecule is COc1ccccc1[C@@H](CNc1nc2ccccc2n1C)N(C)C. The van der Waals surface area contributed by atoms with E-state index in [-0.39, 0.29) is 6.04 Å². The zero-order valence-electron chi connectivity index (χ0n) is 14.7. The molecule has 3 aromatic rings. The number of nitrogens with one attached hydrogen (secondary N) is 1. The molecule has 0 saturated heterocycles. The standard InChI is InChI=1S/C19H24N4O/c1-22(2)17(14-9-5-8-12-18(14)24-4)13-20-19-21-15-10-6-7-11-16(15)23(19)3/h5-12,17H,13H2,1-4H3,(H,20,21)/t17-/m1/s1. The molecule has 0 fully saturated rings. The maximum Gasteiger partial charge on any atom is 0.203 e. The monoisotopic (exact) mass is 324 g/mol. The molecule has 0 spiro atoms. The van der Waals surface area contributed by atoms with E-state index in [2.05, 4.69) is 46.0 Å². The van der Waals surface area contributed by atoms with Gasteiger partial charge in [-0.05, 0) is 32.3 Å². The number of methoxy groups -OCH3 is 1. The molecule has 0 radical (unpaired) electrons. The topological polar surface area (TPSA) is 42.3 Å². The molecule has 0 saturated carbocycles. The minimum atomic E-state index is 0.181. The lowest BCUT2D eigenvalue weighted by Crippen LogP contribution is -2.27. The maximum atomic E-state index is 5.52. The molecule has 1 heterocycles. The van der Waals surface area contributed by atoms with Gasteiger partial charge in [-0.1, -0.05) is 30.3 Å². The van der Waals surface area contributed by atoms with E-state index < -0.39 is 0 Å². The summed E-state index contributed by atoms with van der Waals surface area (Å²) in [6.45, 7) is 0.741. The van der Waals surface area contributed by atoms with Crippen molar-refractivity contribution < 1.29 is 4.74 Å². The van der Waals surface area contributed by atoms with Crippen molar-refractivity contribution in [1.29, 1.82) is 0 Å². The van der Waals surface area contributed by atoms with E-state index in [1.165, 1.54) is 0 Å². The summed E-state index contributed by atoms with van der Waals surface area (Å²) in [7, 11) is 7.90. The van der Waals surface area contributed by atoms with Crippen LogP contribution < -0.4 is 10.1 Å². The van der Waals surface area contributed by atoms with Crippen LogP contribution in [0.1, 0.15) is 11.6 Å². The first-order chi connectivity index (χ1) is 11.6. The fourth-order valence-electron chi connectivity index (χ4n) is 3.00. The molecule has 3 rings (SSSR count). The third kappa shape index (κ3) is 3.08.